The van der Waals surface area contributed by atoms with Gasteiger partial charge in [0.05, 0.1) is 27.9 Å². The molecule has 0 spiro atoms. The average molecular weight is 435 g/mol. The minimum atomic E-state index is -3.73. The summed E-state index contributed by atoms with van der Waals surface area (Å²) < 4.78 is 25.3. The number of benzene rings is 2. The number of hydrogen-bond donors (Lipinski definition) is 1. The van der Waals surface area contributed by atoms with Gasteiger partial charge in [-0.05, 0) is 42.2 Å². The largest absolute Gasteiger partial charge is 0.321 e. The van der Waals surface area contributed by atoms with Gasteiger partial charge in [-0.15, -0.1) is 0 Å². The Labute approximate surface area is 175 Å². The number of rotatable bonds is 4. The Kier molecular flexibility index (Phi) is 5.74. The number of aryl methyl sites for hydroxylation is 1. The molecule has 29 heavy (non-hydrogen) atoms. The van der Waals surface area contributed by atoms with Gasteiger partial charge in [-0.3, -0.25) is 9.59 Å². The molecular formula is C21H23ClN2O4S. The second-order valence-electron chi connectivity index (χ2n) is 7.59. The monoisotopic (exact) mass is 434 g/mol. The first-order chi connectivity index (χ1) is 13.5. The van der Waals surface area contributed by atoms with Crippen molar-refractivity contribution >= 4 is 44.8 Å². The summed E-state index contributed by atoms with van der Waals surface area (Å²) in [5.41, 5.74) is 3.01. The van der Waals surface area contributed by atoms with Crippen molar-refractivity contribution in [2.45, 2.75) is 33.6 Å². The quantitative estimate of drug-likeness (QED) is 0.775. The van der Waals surface area contributed by atoms with Gasteiger partial charge in [0.2, 0.25) is 15.9 Å². The zero-order valence-electron chi connectivity index (χ0n) is 16.7. The Morgan fingerprint density at radius 2 is 1.93 bits per heavy atom. The molecule has 0 aromatic heterocycles. The Bertz CT molecular complexity index is 1100. The molecule has 2 amide bonds. The SMILES string of the molecule is Cc1cccc(C(C)C)c1NC(=O)c1ccc(N2C(=O)[C@H](C)CS2(=O)=O)cc1Cl. The lowest BCUT2D eigenvalue weighted by molar-refractivity contribution is -0.119. The summed E-state index contributed by atoms with van der Waals surface area (Å²) in [6, 6.07) is 10.0. The van der Waals surface area contributed by atoms with Crippen LogP contribution in [-0.4, -0.2) is 26.0 Å². The lowest BCUT2D eigenvalue weighted by atomic mass is 9.98. The van der Waals surface area contributed by atoms with Crippen molar-refractivity contribution in [2.24, 2.45) is 5.92 Å². The molecule has 0 saturated carbocycles. The summed E-state index contributed by atoms with van der Waals surface area (Å²) in [5.74, 6) is -1.54. The van der Waals surface area contributed by atoms with E-state index in [9.17, 15) is 18.0 Å². The number of anilines is 2. The Hall–Kier alpha value is -2.38. The lowest BCUT2D eigenvalue weighted by Crippen LogP contribution is -2.30. The highest BCUT2D eigenvalue weighted by atomic mass is 35.5. The molecule has 0 aliphatic carbocycles. The molecule has 1 saturated heterocycles. The molecule has 2 aromatic rings. The number of nitrogens with zero attached hydrogens (tertiary/aromatic N) is 1. The highest BCUT2D eigenvalue weighted by molar-refractivity contribution is 7.94. The number of halogens is 1. The average Bonchev–Trinajstić information content (AvgIpc) is 2.83. The second-order valence-corrected chi connectivity index (χ2v) is 9.86. The molecule has 0 unspecified atom stereocenters. The van der Waals surface area contributed by atoms with Gasteiger partial charge in [-0.2, -0.15) is 0 Å². The highest BCUT2D eigenvalue weighted by Crippen LogP contribution is 2.33. The van der Waals surface area contributed by atoms with Crippen LogP contribution >= 0.6 is 11.6 Å². The van der Waals surface area contributed by atoms with Crippen LogP contribution in [0.3, 0.4) is 0 Å². The van der Waals surface area contributed by atoms with E-state index in [-0.39, 0.29) is 27.9 Å². The second kappa shape index (κ2) is 7.80. The van der Waals surface area contributed by atoms with Crippen molar-refractivity contribution < 1.29 is 18.0 Å². The fourth-order valence-corrected chi connectivity index (χ4v) is 5.50. The van der Waals surface area contributed by atoms with Crippen LogP contribution in [0.1, 0.15) is 48.2 Å². The fourth-order valence-electron chi connectivity index (χ4n) is 3.42. The summed E-state index contributed by atoms with van der Waals surface area (Å²) in [6.45, 7) is 7.57. The molecule has 154 valence electrons. The van der Waals surface area contributed by atoms with Crippen molar-refractivity contribution in [1.82, 2.24) is 0 Å². The number of sulfonamides is 1. The predicted octanol–water partition coefficient (Wildman–Crippen LogP) is 4.34. The van der Waals surface area contributed by atoms with Crippen molar-refractivity contribution in [3.63, 3.8) is 0 Å². The predicted molar refractivity (Wildman–Crippen MR) is 115 cm³/mol. The van der Waals surface area contributed by atoms with E-state index >= 15 is 0 Å². The molecule has 2 aromatic carbocycles. The standard InChI is InChI=1S/C21H23ClN2O4S/c1-12(2)16-7-5-6-13(3)19(16)23-20(25)17-9-8-15(10-18(17)22)24-21(26)14(4)11-29(24,27)28/h5-10,12,14H,11H2,1-4H3,(H,23,25)/t14-/m1/s1. The maximum Gasteiger partial charge on any atom is 0.257 e. The molecule has 0 radical (unpaired) electrons. The van der Waals surface area contributed by atoms with Crippen LogP contribution in [0.15, 0.2) is 36.4 Å². The van der Waals surface area contributed by atoms with Crippen LogP contribution in [0, 0.1) is 12.8 Å². The summed E-state index contributed by atoms with van der Waals surface area (Å²) in [6.07, 6.45) is 0. The first-order valence-corrected chi connectivity index (χ1v) is 11.3. The fraction of sp³-hybridized carbons (Fsp3) is 0.333. The van der Waals surface area contributed by atoms with Crippen molar-refractivity contribution in [1.29, 1.82) is 0 Å². The van der Waals surface area contributed by atoms with E-state index in [0.29, 0.717) is 0 Å². The molecule has 1 fully saturated rings. The van der Waals surface area contributed by atoms with Gasteiger partial charge >= 0.3 is 0 Å². The van der Waals surface area contributed by atoms with Crippen LogP contribution in [0.2, 0.25) is 5.02 Å². The van der Waals surface area contributed by atoms with E-state index in [2.05, 4.69) is 5.32 Å². The molecule has 1 N–H and O–H groups in total. The molecular weight excluding hydrogens is 412 g/mol. The molecule has 1 aliphatic heterocycles. The third-order valence-electron chi connectivity index (χ3n) is 4.96. The number of carbonyl (C=O) groups excluding carboxylic acids is 2. The van der Waals surface area contributed by atoms with Gasteiger partial charge in [0, 0.05) is 5.69 Å². The van der Waals surface area contributed by atoms with E-state index in [1.54, 1.807) is 6.92 Å². The lowest BCUT2D eigenvalue weighted by Gasteiger charge is -2.18. The number of amides is 2. The zero-order chi connectivity index (χ0) is 21.5. The summed E-state index contributed by atoms with van der Waals surface area (Å²) in [4.78, 5) is 25.1. The Morgan fingerprint density at radius 1 is 1.24 bits per heavy atom. The van der Waals surface area contributed by atoms with E-state index in [0.717, 1.165) is 21.1 Å². The van der Waals surface area contributed by atoms with E-state index in [1.165, 1.54) is 18.2 Å². The van der Waals surface area contributed by atoms with Crippen molar-refractivity contribution in [3.05, 3.63) is 58.1 Å². The molecule has 6 nitrogen and oxygen atoms in total. The maximum atomic E-state index is 12.8. The van der Waals surface area contributed by atoms with E-state index < -0.39 is 27.8 Å². The molecule has 3 rings (SSSR count). The minimum absolute atomic E-state index is 0.0715. The summed E-state index contributed by atoms with van der Waals surface area (Å²) in [5, 5.41) is 2.99. The number of hydrogen-bond acceptors (Lipinski definition) is 4. The maximum absolute atomic E-state index is 12.8. The van der Waals surface area contributed by atoms with Gasteiger partial charge in [-0.1, -0.05) is 50.6 Å². The third kappa shape index (κ3) is 4.02. The third-order valence-corrected chi connectivity index (χ3v) is 7.14. The first-order valence-electron chi connectivity index (χ1n) is 9.30. The number of para-hydroxylation sites is 1. The van der Waals surface area contributed by atoms with E-state index in [1.807, 2.05) is 39.0 Å². The summed E-state index contributed by atoms with van der Waals surface area (Å²) in [7, 11) is -3.73. The van der Waals surface area contributed by atoms with Crippen LogP contribution < -0.4 is 9.62 Å². The van der Waals surface area contributed by atoms with Crippen molar-refractivity contribution in [3.8, 4) is 0 Å². The molecule has 1 atom stereocenters. The van der Waals surface area contributed by atoms with Gasteiger partial charge < -0.3 is 5.32 Å². The Balaban J connectivity index is 1.93. The van der Waals surface area contributed by atoms with Crippen LogP contribution in [0.4, 0.5) is 11.4 Å². The zero-order valence-corrected chi connectivity index (χ0v) is 18.3. The molecule has 8 heteroatoms. The van der Waals surface area contributed by atoms with Crippen LogP contribution in [0.25, 0.3) is 0 Å². The smallest absolute Gasteiger partial charge is 0.257 e. The van der Waals surface area contributed by atoms with Crippen LogP contribution in [0.5, 0.6) is 0 Å². The number of nitrogens with one attached hydrogen (secondary N) is 1. The molecule has 1 aliphatic rings. The van der Waals surface area contributed by atoms with Crippen LogP contribution in [-0.2, 0) is 14.8 Å². The first kappa shape index (κ1) is 21.3. The Morgan fingerprint density at radius 3 is 2.48 bits per heavy atom. The normalized spacial score (nSPS) is 18.3. The van der Waals surface area contributed by atoms with E-state index in [4.69, 9.17) is 11.6 Å². The molecule has 1 heterocycles. The van der Waals surface area contributed by atoms with Gasteiger partial charge in [0.1, 0.15) is 0 Å². The van der Waals surface area contributed by atoms with Gasteiger partial charge in [0.25, 0.3) is 5.91 Å². The van der Waals surface area contributed by atoms with Gasteiger partial charge in [0.15, 0.2) is 0 Å². The summed E-state index contributed by atoms with van der Waals surface area (Å²) >= 11 is 6.29. The topological polar surface area (TPSA) is 83.6 Å². The molecule has 0 bridgehead atoms. The minimum Gasteiger partial charge on any atom is -0.321 e. The highest BCUT2D eigenvalue weighted by Gasteiger charge is 2.42. The number of carbonyl (C=O) groups is 2. The van der Waals surface area contributed by atoms with Gasteiger partial charge in [-0.25, -0.2) is 12.7 Å². The van der Waals surface area contributed by atoms with Crippen molar-refractivity contribution in [2.75, 3.05) is 15.4 Å².